The van der Waals surface area contributed by atoms with Crippen molar-refractivity contribution in [3.05, 3.63) is 34.3 Å². The monoisotopic (exact) mass is 346 g/mol. The fourth-order valence-electron chi connectivity index (χ4n) is 2.12. The number of rotatable bonds is 5. The molecule has 0 saturated heterocycles. The Morgan fingerprint density at radius 2 is 2.11 bits per heavy atom. The van der Waals surface area contributed by atoms with Gasteiger partial charge >= 0.3 is 0 Å². The van der Waals surface area contributed by atoms with Crippen LogP contribution in [0.3, 0.4) is 0 Å². The molecule has 19 heavy (non-hydrogen) atoms. The minimum Gasteiger partial charge on any atom is -0.355 e. The summed E-state index contributed by atoms with van der Waals surface area (Å²) in [5, 5.41) is 3.02. The van der Waals surface area contributed by atoms with Gasteiger partial charge in [0.1, 0.15) is 0 Å². The van der Waals surface area contributed by atoms with Crippen LogP contribution < -0.4 is 11.1 Å². The second kappa shape index (κ2) is 6.73. The molecule has 0 aromatic heterocycles. The summed E-state index contributed by atoms with van der Waals surface area (Å²) in [6, 6.07) is 8.25. The zero-order valence-corrected chi connectivity index (χ0v) is 13.4. The Morgan fingerprint density at radius 3 is 2.63 bits per heavy atom. The van der Waals surface area contributed by atoms with E-state index >= 15 is 0 Å². The summed E-state index contributed by atoms with van der Waals surface area (Å²) in [6.07, 6.45) is 2.26. The molecule has 2 rings (SSSR count). The number of carbonyl (C=O) groups is 1. The molecule has 1 fully saturated rings. The first-order valence-corrected chi connectivity index (χ1v) is 7.11. The number of carbonyl (C=O) groups excluding carboxylic acids is 1. The van der Waals surface area contributed by atoms with Gasteiger partial charge in [-0.05, 0) is 24.5 Å². The van der Waals surface area contributed by atoms with Crippen molar-refractivity contribution in [2.24, 2.45) is 11.7 Å². The molecule has 1 aliphatic rings. The molecule has 3 nitrogen and oxygen atoms in total. The van der Waals surface area contributed by atoms with E-state index in [-0.39, 0.29) is 29.6 Å². The molecule has 1 atom stereocenters. The highest BCUT2D eigenvalue weighted by atomic mass is 79.9. The average Bonchev–Trinajstić information content (AvgIpc) is 3.16. The fourth-order valence-corrected chi connectivity index (χ4v) is 2.83. The smallest absolute Gasteiger partial charge is 0.224 e. The molecule has 1 amide bonds. The van der Waals surface area contributed by atoms with E-state index in [1.54, 1.807) is 0 Å². The van der Waals surface area contributed by atoms with Gasteiger partial charge in [0.25, 0.3) is 0 Å². The summed E-state index contributed by atoms with van der Waals surface area (Å²) in [5.74, 6) is -0.0594. The second-order valence-electron chi connectivity index (χ2n) is 5.11. The molecular formula is C14H20BrClN2O. The van der Waals surface area contributed by atoms with Crippen molar-refractivity contribution < 1.29 is 4.79 Å². The summed E-state index contributed by atoms with van der Waals surface area (Å²) < 4.78 is 1.13. The summed E-state index contributed by atoms with van der Waals surface area (Å²) in [4.78, 5) is 11.8. The maximum absolute atomic E-state index is 11.8. The maximum Gasteiger partial charge on any atom is 0.224 e. The van der Waals surface area contributed by atoms with Crippen LogP contribution in [0, 0.1) is 5.92 Å². The van der Waals surface area contributed by atoms with E-state index < -0.39 is 0 Å². The van der Waals surface area contributed by atoms with Crippen LogP contribution in [0.4, 0.5) is 0 Å². The van der Waals surface area contributed by atoms with Crippen LogP contribution in [-0.2, 0) is 10.2 Å². The molecular weight excluding hydrogens is 328 g/mol. The van der Waals surface area contributed by atoms with Gasteiger partial charge < -0.3 is 11.1 Å². The molecule has 1 saturated carbocycles. The highest BCUT2D eigenvalue weighted by molar-refractivity contribution is 9.10. The van der Waals surface area contributed by atoms with Gasteiger partial charge in [0.15, 0.2) is 0 Å². The number of amides is 1. The first kappa shape index (κ1) is 16.5. The lowest BCUT2D eigenvalue weighted by molar-refractivity contribution is -0.124. The Balaban J connectivity index is 0.00000180. The summed E-state index contributed by atoms with van der Waals surface area (Å²) in [7, 11) is 0. The zero-order valence-electron chi connectivity index (χ0n) is 11.0. The molecule has 0 aliphatic heterocycles. The number of benzene rings is 1. The summed E-state index contributed by atoms with van der Waals surface area (Å²) in [6.45, 7) is 2.96. The highest BCUT2D eigenvalue weighted by Crippen LogP contribution is 2.49. The van der Waals surface area contributed by atoms with E-state index in [2.05, 4.69) is 33.4 Å². The van der Waals surface area contributed by atoms with Gasteiger partial charge in [-0.25, -0.2) is 0 Å². The lowest BCUT2D eigenvalue weighted by Gasteiger charge is -2.19. The van der Waals surface area contributed by atoms with Gasteiger partial charge in [-0.2, -0.15) is 0 Å². The topological polar surface area (TPSA) is 55.1 Å². The SMILES string of the molecule is CC(CN)C(=O)NCC1(c2ccccc2Br)CC1.Cl. The Morgan fingerprint density at radius 1 is 1.47 bits per heavy atom. The first-order chi connectivity index (χ1) is 8.59. The van der Waals surface area contributed by atoms with Crippen molar-refractivity contribution in [2.45, 2.75) is 25.2 Å². The predicted molar refractivity (Wildman–Crippen MR) is 83.5 cm³/mol. The lowest BCUT2D eigenvalue weighted by Crippen LogP contribution is -2.38. The van der Waals surface area contributed by atoms with Crippen molar-refractivity contribution in [2.75, 3.05) is 13.1 Å². The van der Waals surface area contributed by atoms with Gasteiger partial charge in [-0.3, -0.25) is 4.79 Å². The van der Waals surface area contributed by atoms with Crippen molar-refractivity contribution in [1.82, 2.24) is 5.32 Å². The van der Waals surface area contributed by atoms with Crippen molar-refractivity contribution in [3.63, 3.8) is 0 Å². The van der Waals surface area contributed by atoms with Crippen LogP contribution in [-0.4, -0.2) is 19.0 Å². The third-order valence-corrected chi connectivity index (χ3v) is 4.39. The van der Waals surface area contributed by atoms with Crippen LogP contribution in [0.1, 0.15) is 25.3 Å². The summed E-state index contributed by atoms with van der Waals surface area (Å²) >= 11 is 3.59. The molecule has 5 heteroatoms. The molecule has 106 valence electrons. The standard InChI is InChI=1S/C14H19BrN2O.ClH/c1-10(8-16)13(18)17-9-14(6-7-14)11-4-2-3-5-12(11)15;/h2-5,10H,6-9,16H2,1H3,(H,17,18);1H. The quantitative estimate of drug-likeness (QED) is 0.860. The van der Waals surface area contributed by atoms with Crippen LogP contribution in [0.15, 0.2) is 28.7 Å². The first-order valence-electron chi connectivity index (χ1n) is 6.32. The Hall–Kier alpha value is -0.580. The van der Waals surface area contributed by atoms with E-state index in [9.17, 15) is 4.79 Å². The highest BCUT2D eigenvalue weighted by Gasteiger charge is 2.45. The van der Waals surface area contributed by atoms with Gasteiger partial charge in [0, 0.05) is 28.9 Å². The number of nitrogens with one attached hydrogen (secondary N) is 1. The number of hydrogen-bond donors (Lipinski definition) is 2. The van der Waals surface area contributed by atoms with Crippen molar-refractivity contribution in [3.8, 4) is 0 Å². The average molecular weight is 348 g/mol. The second-order valence-corrected chi connectivity index (χ2v) is 5.97. The molecule has 1 unspecified atom stereocenters. The van der Waals surface area contributed by atoms with Crippen LogP contribution in [0.2, 0.25) is 0 Å². The van der Waals surface area contributed by atoms with E-state index in [0.29, 0.717) is 13.1 Å². The third kappa shape index (κ3) is 3.71. The van der Waals surface area contributed by atoms with Gasteiger partial charge in [-0.15, -0.1) is 12.4 Å². The van der Waals surface area contributed by atoms with E-state index in [1.165, 1.54) is 5.56 Å². The molecule has 0 radical (unpaired) electrons. The molecule has 0 heterocycles. The fraction of sp³-hybridized carbons (Fsp3) is 0.500. The van der Waals surface area contributed by atoms with Gasteiger partial charge in [0.05, 0.1) is 0 Å². The van der Waals surface area contributed by atoms with E-state index in [0.717, 1.165) is 17.3 Å². The lowest BCUT2D eigenvalue weighted by atomic mass is 9.95. The maximum atomic E-state index is 11.8. The summed E-state index contributed by atoms with van der Waals surface area (Å²) in [5.41, 5.74) is 6.92. The van der Waals surface area contributed by atoms with Crippen LogP contribution >= 0.6 is 28.3 Å². The van der Waals surface area contributed by atoms with Crippen LogP contribution in [0.5, 0.6) is 0 Å². The minimum absolute atomic E-state index is 0. The molecule has 0 bridgehead atoms. The molecule has 1 aromatic rings. The molecule has 3 N–H and O–H groups in total. The van der Waals surface area contributed by atoms with Crippen molar-refractivity contribution in [1.29, 1.82) is 0 Å². The Labute approximate surface area is 128 Å². The largest absolute Gasteiger partial charge is 0.355 e. The Kier molecular flexibility index (Phi) is 5.83. The molecule has 0 spiro atoms. The van der Waals surface area contributed by atoms with Gasteiger partial charge in [-0.1, -0.05) is 41.1 Å². The minimum atomic E-state index is -0.111. The van der Waals surface area contributed by atoms with Crippen molar-refractivity contribution >= 4 is 34.2 Å². The molecule has 1 aliphatic carbocycles. The van der Waals surface area contributed by atoms with Crippen LogP contribution in [0.25, 0.3) is 0 Å². The normalized spacial score (nSPS) is 17.2. The van der Waals surface area contributed by atoms with Gasteiger partial charge in [0.2, 0.25) is 5.91 Å². The number of nitrogens with two attached hydrogens (primary N) is 1. The molecule has 1 aromatic carbocycles. The zero-order chi connectivity index (χ0) is 13.2. The number of hydrogen-bond acceptors (Lipinski definition) is 2. The predicted octanol–water partition coefficient (Wildman–Crippen LogP) is 2.61. The Bertz CT molecular complexity index is 449. The number of halogens is 2. The van der Waals surface area contributed by atoms with E-state index in [4.69, 9.17) is 5.73 Å². The third-order valence-electron chi connectivity index (χ3n) is 3.70. The van der Waals surface area contributed by atoms with E-state index in [1.807, 2.05) is 19.1 Å².